The summed E-state index contributed by atoms with van der Waals surface area (Å²) >= 11 is 0. The molecule has 104 valence electrons. The first-order valence-electron chi connectivity index (χ1n) is 7.26. The van der Waals surface area contributed by atoms with E-state index in [0.717, 1.165) is 51.7 Å². The van der Waals surface area contributed by atoms with Gasteiger partial charge in [-0.15, -0.1) is 0 Å². The number of carbonyl (C=O) groups excluding carboxylic acids is 1. The van der Waals surface area contributed by atoms with Crippen LogP contribution in [-0.2, 0) is 4.79 Å². The molecule has 1 aliphatic carbocycles. The van der Waals surface area contributed by atoms with E-state index in [0.29, 0.717) is 12.3 Å². The van der Waals surface area contributed by atoms with Gasteiger partial charge < -0.3 is 15.3 Å². The number of hydrogen-bond donors (Lipinski definition) is 2. The maximum absolute atomic E-state index is 12.1. The van der Waals surface area contributed by atoms with Gasteiger partial charge >= 0.3 is 0 Å². The summed E-state index contributed by atoms with van der Waals surface area (Å²) in [5, 5.41) is 13.7. The highest BCUT2D eigenvalue weighted by Gasteiger charge is 2.33. The Morgan fingerprint density at radius 1 is 1.39 bits per heavy atom. The molecule has 1 heterocycles. The third kappa shape index (κ3) is 3.69. The molecule has 1 unspecified atom stereocenters. The Morgan fingerprint density at radius 3 is 2.72 bits per heavy atom. The Balaban J connectivity index is 1.78. The number of aliphatic hydroxyl groups is 1. The molecule has 18 heavy (non-hydrogen) atoms. The van der Waals surface area contributed by atoms with Crippen LogP contribution in [0.4, 0.5) is 0 Å². The zero-order chi connectivity index (χ0) is 13.0. The minimum Gasteiger partial charge on any atom is -0.389 e. The normalized spacial score (nSPS) is 27.1. The first-order valence-corrected chi connectivity index (χ1v) is 7.26. The number of amides is 1. The summed E-state index contributed by atoms with van der Waals surface area (Å²) in [4.78, 5) is 14.0. The van der Waals surface area contributed by atoms with E-state index in [1.54, 1.807) is 0 Å². The molecule has 0 radical (unpaired) electrons. The van der Waals surface area contributed by atoms with E-state index in [1.165, 1.54) is 6.42 Å². The molecular weight excluding hydrogens is 228 g/mol. The van der Waals surface area contributed by atoms with E-state index < -0.39 is 5.60 Å². The van der Waals surface area contributed by atoms with Gasteiger partial charge in [-0.2, -0.15) is 0 Å². The molecule has 1 saturated carbocycles. The van der Waals surface area contributed by atoms with Gasteiger partial charge in [-0.1, -0.05) is 19.3 Å². The zero-order valence-electron chi connectivity index (χ0n) is 11.5. The van der Waals surface area contributed by atoms with Gasteiger partial charge in [-0.25, -0.2) is 0 Å². The maximum atomic E-state index is 12.1. The van der Waals surface area contributed by atoms with E-state index in [-0.39, 0.29) is 5.91 Å². The molecule has 0 aromatic heterocycles. The molecule has 2 aliphatic rings. The second-order valence-corrected chi connectivity index (χ2v) is 6.09. The van der Waals surface area contributed by atoms with Crippen LogP contribution in [0.5, 0.6) is 0 Å². The lowest BCUT2D eigenvalue weighted by Gasteiger charge is -2.33. The van der Waals surface area contributed by atoms with Crippen LogP contribution in [0, 0.1) is 5.92 Å². The van der Waals surface area contributed by atoms with Crippen molar-refractivity contribution in [3.05, 3.63) is 0 Å². The topological polar surface area (TPSA) is 52.6 Å². The van der Waals surface area contributed by atoms with Gasteiger partial charge in [0.05, 0.1) is 12.0 Å². The molecule has 4 nitrogen and oxygen atoms in total. The van der Waals surface area contributed by atoms with Crippen LogP contribution in [-0.4, -0.2) is 48.2 Å². The first kappa shape index (κ1) is 13.8. The summed E-state index contributed by atoms with van der Waals surface area (Å²) in [6.07, 6.45) is 6.35. The molecule has 1 atom stereocenters. The Bertz CT molecular complexity index is 282. The van der Waals surface area contributed by atoms with Gasteiger partial charge in [-0.3, -0.25) is 4.79 Å². The van der Waals surface area contributed by atoms with Gasteiger partial charge in [0, 0.05) is 13.6 Å². The van der Waals surface area contributed by atoms with Crippen molar-refractivity contribution in [2.24, 2.45) is 5.92 Å². The highest BCUT2D eigenvalue weighted by Crippen LogP contribution is 2.31. The average Bonchev–Trinajstić information content (AvgIpc) is 2.82. The molecule has 2 fully saturated rings. The van der Waals surface area contributed by atoms with Crippen LogP contribution in [0.3, 0.4) is 0 Å². The minimum absolute atomic E-state index is 0.103. The first-order chi connectivity index (χ1) is 8.59. The molecule has 2 rings (SSSR count). The number of nitrogens with zero attached hydrogens (tertiary/aromatic N) is 1. The van der Waals surface area contributed by atoms with Crippen molar-refractivity contribution < 1.29 is 9.90 Å². The largest absolute Gasteiger partial charge is 0.389 e. The van der Waals surface area contributed by atoms with Crippen molar-refractivity contribution in [2.45, 2.75) is 50.5 Å². The van der Waals surface area contributed by atoms with Gasteiger partial charge in [0.2, 0.25) is 5.91 Å². The lowest BCUT2D eigenvalue weighted by atomic mass is 9.82. The van der Waals surface area contributed by atoms with Gasteiger partial charge in [0.1, 0.15) is 0 Å². The van der Waals surface area contributed by atoms with Crippen LogP contribution in [0.25, 0.3) is 0 Å². The van der Waals surface area contributed by atoms with Gasteiger partial charge in [0.25, 0.3) is 0 Å². The van der Waals surface area contributed by atoms with Crippen molar-refractivity contribution in [3.63, 3.8) is 0 Å². The Labute approximate surface area is 110 Å². The Kier molecular flexibility index (Phi) is 4.62. The van der Waals surface area contributed by atoms with Crippen LogP contribution in [0.2, 0.25) is 0 Å². The predicted octanol–water partition coefficient (Wildman–Crippen LogP) is 1.14. The third-order valence-corrected chi connectivity index (χ3v) is 4.38. The summed E-state index contributed by atoms with van der Waals surface area (Å²) in [6, 6.07) is 0. The second-order valence-electron chi connectivity index (χ2n) is 6.09. The van der Waals surface area contributed by atoms with Crippen molar-refractivity contribution in [2.75, 3.05) is 26.7 Å². The van der Waals surface area contributed by atoms with Gasteiger partial charge in [-0.05, 0) is 38.3 Å². The van der Waals surface area contributed by atoms with Crippen molar-refractivity contribution in [3.8, 4) is 0 Å². The molecule has 2 N–H and O–H groups in total. The highest BCUT2D eigenvalue weighted by atomic mass is 16.3. The van der Waals surface area contributed by atoms with E-state index in [2.05, 4.69) is 5.32 Å². The summed E-state index contributed by atoms with van der Waals surface area (Å²) < 4.78 is 0. The molecule has 1 amide bonds. The van der Waals surface area contributed by atoms with Crippen LogP contribution >= 0.6 is 0 Å². The predicted molar refractivity (Wildman–Crippen MR) is 71.3 cm³/mol. The van der Waals surface area contributed by atoms with E-state index >= 15 is 0 Å². The fourth-order valence-electron chi connectivity index (χ4n) is 3.16. The van der Waals surface area contributed by atoms with Crippen LogP contribution < -0.4 is 5.32 Å². The van der Waals surface area contributed by atoms with Crippen molar-refractivity contribution in [1.82, 2.24) is 10.2 Å². The summed E-state index contributed by atoms with van der Waals surface area (Å²) in [5.41, 5.74) is -0.725. The Morgan fingerprint density at radius 2 is 2.11 bits per heavy atom. The lowest BCUT2D eigenvalue weighted by Crippen LogP contribution is -2.40. The van der Waals surface area contributed by atoms with E-state index in [9.17, 15) is 9.90 Å². The summed E-state index contributed by atoms with van der Waals surface area (Å²) in [6.45, 7) is 2.90. The number of carbonyl (C=O) groups is 1. The minimum atomic E-state index is -0.725. The number of rotatable bonds is 4. The molecule has 0 spiro atoms. The fourth-order valence-corrected chi connectivity index (χ4v) is 3.16. The smallest absolute Gasteiger partial charge is 0.225 e. The molecular formula is C14H26N2O2. The second kappa shape index (κ2) is 6.02. The lowest BCUT2D eigenvalue weighted by molar-refractivity contribution is -0.137. The standard InChI is InChI=1S/C14H26N2O2/c1-16(11-12-5-8-15-10-12)13(17)9-14(18)6-3-2-4-7-14/h12,15,18H,2-11H2,1H3. The van der Waals surface area contributed by atoms with Gasteiger partial charge in [0.15, 0.2) is 0 Å². The zero-order valence-corrected chi connectivity index (χ0v) is 11.5. The summed E-state index contributed by atoms with van der Waals surface area (Å²) in [7, 11) is 1.87. The molecule has 0 aromatic rings. The van der Waals surface area contributed by atoms with E-state index in [1.807, 2.05) is 11.9 Å². The highest BCUT2D eigenvalue weighted by molar-refractivity contribution is 5.77. The fraction of sp³-hybridized carbons (Fsp3) is 0.929. The third-order valence-electron chi connectivity index (χ3n) is 4.38. The van der Waals surface area contributed by atoms with Crippen LogP contribution in [0.1, 0.15) is 44.9 Å². The number of nitrogens with one attached hydrogen (secondary N) is 1. The molecule has 4 heteroatoms. The average molecular weight is 254 g/mol. The molecule has 0 aromatic carbocycles. The maximum Gasteiger partial charge on any atom is 0.225 e. The van der Waals surface area contributed by atoms with E-state index in [4.69, 9.17) is 0 Å². The summed E-state index contributed by atoms with van der Waals surface area (Å²) in [5.74, 6) is 0.686. The molecule has 0 bridgehead atoms. The van der Waals surface area contributed by atoms with Crippen molar-refractivity contribution >= 4 is 5.91 Å². The number of hydrogen-bond acceptors (Lipinski definition) is 3. The van der Waals surface area contributed by atoms with Crippen molar-refractivity contribution in [1.29, 1.82) is 0 Å². The quantitative estimate of drug-likeness (QED) is 0.791. The SMILES string of the molecule is CN(CC1CCNC1)C(=O)CC1(O)CCCCC1. The monoisotopic (exact) mass is 254 g/mol. The van der Waals surface area contributed by atoms with Crippen LogP contribution in [0.15, 0.2) is 0 Å². The molecule has 1 saturated heterocycles. The Hall–Kier alpha value is -0.610. The molecule has 1 aliphatic heterocycles.